The standard InChI is InChI=1S/C18H28N2O.ClH/c1-13(2)14-8-10-16(11-9-14)20-18(21)12-17(19)15-6-4-3-5-7-15;/h3-7,13-14,16-17H,8-12,19H2,1-2H3,(H,20,21);1H. The third-order valence-corrected chi connectivity index (χ3v) is 4.71. The zero-order chi connectivity index (χ0) is 15.2. The Morgan fingerprint density at radius 3 is 2.32 bits per heavy atom. The van der Waals surface area contributed by atoms with Crippen molar-refractivity contribution in [2.75, 3.05) is 0 Å². The van der Waals surface area contributed by atoms with Crippen LogP contribution in [0.5, 0.6) is 0 Å². The third kappa shape index (κ3) is 5.62. The van der Waals surface area contributed by atoms with E-state index >= 15 is 0 Å². The van der Waals surface area contributed by atoms with Crippen molar-refractivity contribution in [2.24, 2.45) is 17.6 Å². The van der Waals surface area contributed by atoms with Gasteiger partial charge < -0.3 is 11.1 Å². The first-order valence-electron chi connectivity index (χ1n) is 8.16. The van der Waals surface area contributed by atoms with E-state index in [0.29, 0.717) is 12.5 Å². The summed E-state index contributed by atoms with van der Waals surface area (Å²) in [5.41, 5.74) is 7.13. The molecule has 1 unspecified atom stereocenters. The Morgan fingerprint density at radius 1 is 1.18 bits per heavy atom. The van der Waals surface area contributed by atoms with E-state index in [1.807, 2.05) is 30.3 Å². The Labute approximate surface area is 140 Å². The molecule has 0 aliphatic heterocycles. The summed E-state index contributed by atoms with van der Waals surface area (Å²) in [6.45, 7) is 4.59. The molecule has 0 spiro atoms. The lowest BCUT2D eigenvalue weighted by molar-refractivity contribution is -0.122. The van der Waals surface area contributed by atoms with Crippen molar-refractivity contribution in [1.82, 2.24) is 5.32 Å². The van der Waals surface area contributed by atoms with Crippen LogP contribution in [0.25, 0.3) is 0 Å². The van der Waals surface area contributed by atoms with Gasteiger partial charge >= 0.3 is 0 Å². The molecule has 1 fully saturated rings. The molecule has 0 aromatic heterocycles. The average molecular weight is 325 g/mol. The molecule has 0 heterocycles. The largest absolute Gasteiger partial charge is 0.353 e. The molecule has 124 valence electrons. The van der Waals surface area contributed by atoms with Gasteiger partial charge in [0.1, 0.15) is 0 Å². The van der Waals surface area contributed by atoms with Crippen LogP contribution < -0.4 is 11.1 Å². The summed E-state index contributed by atoms with van der Waals surface area (Å²) in [6.07, 6.45) is 5.04. The fourth-order valence-corrected chi connectivity index (χ4v) is 3.23. The minimum absolute atomic E-state index is 0. The van der Waals surface area contributed by atoms with Crippen LogP contribution in [-0.2, 0) is 4.79 Å². The van der Waals surface area contributed by atoms with E-state index in [1.165, 1.54) is 12.8 Å². The van der Waals surface area contributed by atoms with E-state index in [2.05, 4.69) is 19.2 Å². The van der Waals surface area contributed by atoms with Crippen molar-refractivity contribution in [3.63, 3.8) is 0 Å². The van der Waals surface area contributed by atoms with Gasteiger partial charge in [0.25, 0.3) is 0 Å². The van der Waals surface area contributed by atoms with Gasteiger partial charge in [0.2, 0.25) is 5.91 Å². The molecule has 3 N–H and O–H groups in total. The Balaban J connectivity index is 0.00000242. The second kappa shape index (κ2) is 9.16. The number of carbonyl (C=O) groups excluding carboxylic acids is 1. The maximum Gasteiger partial charge on any atom is 0.222 e. The monoisotopic (exact) mass is 324 g/mol. The van der Waals surface area contributed by atoms with Crippen LogP contribution in [0.2, 0.25) is 0 Å². The molecule has 1 amide bonds. The molecule has 22 heavy (non-hydrogen) atoms. The van der Waals surface area contributed by atoms with Gasteiger partial charge in [-0.1, -0.05) is 44.2 Å². The molecule has 0 saturated heterocycles. The van der Waals surface area contributed by atoms with E-state index in [1.54, 1.807) is 0 Å². The predicted octanol–water partition coefficient (Wildman–Crippen LogP) is 3.83. The number of hydrogen-bond acceptors (Lipinski definition) is 2. The van der Waals surface area contributed by atoms with Gasteiger partial charge in [-0.25, -0.2) is 0 Å². The molecule has 1 atom stereocenters. The van der Waals surface area contributed by atoms with E-state index in [-0.39, 0.29) is 24.4 Å². The zero-order valence-corrected chi connectivity index (χ0v) is 14.4. The number of hydrogen-bond donors (Lipinski definition) is 2. The molecule has 0 radical (unpaired) electrons. The second-order valence-corrected chi connectivity index (χ2v) is 6.64. The summed E-state index contributed by atoms with van der Waals surface area (Å²) in [5.74, 6) is 1.66. The van der Waals surface area contributed by atoms with Crippen LogP contribution in [0.3, 0.4) is 0 Å². The molecular weight excluding hydrogens is 296 g/mol. The first-order chi connectivity index (χ1) is 10.1. The van der Waals surface area contributed by atoms with Crippen molar-refractivity contribution in [3.05, 3.63) is 35.9 Å². The van der Waals surface area contributed by atoms with Crippen molar-refractivity contribution in [3.8, 4) is 0 Å². The van der Waals surface area contributed by atoms with Crippen molar-refractivity contribution in [1.29, 1.82) is 0 Å². The molecule has 2 rings (SSSR count). The molecule has 4 heteroatoms. The molecule has 1 aromatic carbocycles. The van der Waals surface area contributed by atoms with Gasteiger partial charge in [0.05, 0.1) is 0 Å². The second-order valence-electron chi connectivity index (χ2n) is 6.64. The zero-order valence-electron chi connectivity index (χ0n) is 13.6. The van der Waals surface area contributed by atoms with Crippen LogP contribution in [0.1, 0.15) is 57.6 Å². The summed E-state index contributed by atoms with van der Waals surface area (Å²) in [6, 6.07) is 9.97. The van der Waals surface area contributed by atoms with Gasteiger partial charge in [-0.2, -0.15) is 0 Å². The average Bonchev–Trinajstić information content (AvgIpc) is 2.48. The molecule has 1 saturated carbocycles. The number of carbonyl (C=O) groups is 1. The van der Waals surface area contributed by atoms with Crippen LogP contribution in [0, 0.1) is 11.8 Å². The van der Waals surface area contributed by atoms with Gasteiger partial charge in [-0.05, 0) is 43.1 Å². The lowest BCUT2D eigenvalue weighted by Gasteiger charge is -2.31. The predicted molar refractivity (Wildman–Crippen MR) is 94.0 cm³/mol. The minimum atomic E-state index is -0.210. The van der Waals surface area contributed by atoms with E-state index in [9.17, 15) is 4.79 Å². The maximum absolute atomic E-state index is 12.1. The molecule has 1 aromatic rings. The smallest absolute Gasteiger partial charge is 0.222 e. The van der Waals surface area contributed by atoms with Crippen LogP contribution in [0.15, 0.2) is 30.3 Å². The molecular formula is C18H29ClN2O. The van der Waals surface area contributed by atoms with E-state index in [0.717, 1.165) is 30.2 Å². The number of nitrogens with two attached hydrogens (primary N) is 1. The van der Waals surface area contributed by atoms with E-state index < -0.39 is 0 Å². The first-order valence-corrected chi connectivity index (χ1v) is 8.16. The summed E-state index contributed by atoms with van der Waals surface area (Å²) in [5, 5.41) is 3.16. The fraction of sp³-hybridized carbons (Fsp3) is 0.611. The normalized spacial score (nSPS) is 22.7. The fourth-order valence-electron chi connectivity index (χ4n) is 3.23. The lowest BCUT2D eigenvalue weighted by atomic mass is 9.79. The number of amides is 1. The topological polar surface area (TPSA) is 55.1 Å². The Bertz CT molecular complexity index is 442. The van der Waals surface area contributed by atoms with Gasteiger partial charge in [-0.15, -0.1) is 12.4 Å². The van der Waals surface area contributed by atoms with Crippen LogP contribution >= 0.6 is 12.4 Å². The summed E-state index contributed by atoms with van der Waals surface area (Å²) < 4.78 is 0. The minimum Gasteiger partial charge on any atom is -0.353 e. The first kappa shape index (κ1) is 19.0. The maximum atomic E-state index is 12.1. The Hall–Kier alpha value is -1.06. The molecule has 0 bridgehead atoms. The quantitative estimate of drug-likeness (QED) is 0.864. The molecule has 3 nitrogen and oxygen atoms in total. The summed E-state index contributed by atoms with van der Waals surface area (Å²) >= 11 is 0. The van der Waals surface area contributed by atoms with E-state index in [4.69, 9.17) is 5.73 Å². The lowest BCUT2D eigenvalue weighted by Crippen LogP contribution is -2.39. The van der Waals surface area contributed by atoms with Crippen molar-refractivity contribution >= 4 is 18.3 Å². The highest BCUT2D eigenvalue weighted by Gasteiger charge is 2.24. The number of rotatable bonds is 5. The molecule has 1 aliphatic rings. The SMILES string of the molecule is CC(C)C1CCC(NC(=O)CC(N)c2ccccc2)CC1.Cl. The van der Waals surface area contributed by atoms with Gasteiger partial charge in [0.15, 0.2) is 0 Å². The van der Waals surface area contributed by atoms with Gasteiger partial charge in [0, 0.05) is 18.5 Å². The summed E-state index contributed by atoms with van der Waals surface area (Å²) in [7, 11) is 0. The van der Waals surface area contributed by atoms with Crippen LogP contribution in [-0.4, -0.2) is 11.9 Å². The molecule has 1 aliphatic carbocycles. The number of nitrogens with one attached hydrogen (secondary N) is 1. The highest BCUT2D eigenvalue weighted by atomic mass is 35.5. The summed E-state index contributed by atoms with van der Waals surface area (Å²) in [4.78, 5) is 12.1. The van der Waals surface area contributed by atoms with Crippen molar-refractivity contribution < 1.29 is 4.79 Å². The third-order valence-electron chi connectivity index (χ3n) is 4.71. The van der Waals surface area contributed by atoms with Gasteiger partial charge in [-0.3, -0.25) is 4.79 Å². The van der Waals surface area contributed by atoms with Crippen LogP contribution in [0.4, 0.5) is 0 Å². The number of halogens is 1. The highest BCUT2D eigenvalue weighted by molar-refractivity contribution is 5.85. The highest BCUT2D eigenvalue weighted by Crippen LogP contribution is 2.30. The Morgan fingerprint density at radius 2 is 1.77 bits per heavy atom. The number of benzene rings is 1. The van der Waals surface area contributed by atoms with Crippen molar-refractivity contribution in [2.45, 2.75) is 58.0 Å². The Kier molecular flexibility index (Phi) is 7.91.